The summed E-state index contributed by atoms with van der Waals surface area (Å²) >= 11 is 0. The largest absolute Gasteiger partial charge is 0.509 e. The molecule has 0 saturated heterocycles. The zero-order valence-corrected chi connectivity index (χ0v) is 13.2. The van der Waals surface area contributed by atoms with E-state index in [1.54, 1.807) is 20.8 Å². The van der Waals surface area contributed by atoms with Crippen LogP contribution in [-0.2, 0) is 19.1 Å². The highest BCUT2D eigenvalue weighted by Crippen LogP contribution is 2.29. The number of aliphatic hydroxyl groups is 2. The van der Waals surface area contributed by atoms with Crippen LogP contribution in [0.1, 0.15) is 34.6 Å². The predicted molar refractivity (Wildman–Crippen MR) is 74.8 cm³/mol. The maximum atomic E-state index is 12.3. The van der Waals surface area contributed by atoms with Crippen molar-refractivity contribution in [1.29, 1.82) is 0 Å². The van der Waals surface area contributed by atoms with Crippen molar-refractivity contribution in [1.82, 2.24) is 4.90 Å². The maximum absolute atomic E-state index is 12.3. The summed E-state index contributed by atoms with van der Waals surface area (Å²) in [6.07, 6.45) is -2.35. The average molecular weight is 315 g/mol. The van der Waals surface area contributed by atoms with Crippen LogP contribution in [0.2, 0.25) is 0 Å². The molecule has 22 heavy (non-hydrogen) atoms. The van der Waals surface area contributed by atoms with Gasteiger partial charge in [-0.25, -0.2) is 14.5 Å². The van der Waals surface area contributed by atoms with Gasteiger partial charge >= 0.3 is 12.1 Å². The molecule has 1 rings (SSSR count). The van der Waals surface area contributed by atoms with E-state index in [1.807, 2.05) is 0 Å². The van der Waals surface area contributed by atoms with E-state index in [2.05, 4.69) is 4.74 Å². The molecular weight excluding hydrogens is 294 g/mol. The Morgan fingerprint density at radius 1 is 1.36 bits per heavy atom. The van der Waals surface area contributed by atoms with Crippen molar-refractivity contribution in [3.63, 3.8) is 0 Å². The first-order valence-electron chi connectivity index (χ1n) is 6.86. The zero-order valence-electron chi connectivity index (χ0n) is 13.2. The van der Waals surface area contributed by atoms with E-state index in [0.717, 1.165) is 0 Å². The number of carbonyl (C=O) groups is 3. The minimum absolute atomic E-state index is 0.00528. The van der Waals surface area contributed by atoms with Gasteiger partial charge in [-0.2, -0.15) is 0 Å². The second kappa shape index (κ2) is 6.35. The summed E-state index contributed by atoms with van der Waals surface area (Å²) in [4.78, 5) is 36.7. The van der Waals surface area contributed by atoms with Gasteiger partial charge in [0.2, 0.25) is 0 Å². The predicted octanol–water partition coefficient (Wildman–Crippen LogP) is 0.888. The second-order valence-corrected chi connectivity index (χ2v) is 5.82. The molecule has 2 atom stereocenters. The van der Waals surface area contributed by atoms with Crippen molar-refractivity contribution < 1.29 is 34.1 Å². The van der Waals surface area contributed by atoms with Gasteiger partial charge in [0.15, 0.2) is 5.57 Å². The van der Waals surface area contributed by atoms with Crippen LogP contribution in [0.5, 0.6) is 0 Å². The number of ether oxygens (including phenoxy) is 2. The highest BCUT2D eigenvalue weighted by Gasteiger charge is 2.50. The summed E-state index contributed by atoms with van der Waals surface area (Å²) in [6.45, 7) is 7.61. The maximum Gasteiger partial charge on any atom is 0.418 e. The normalized spacial score (nSPS) is 20.2. The van der Waals surface area contributed by atoms with E-state index >= 15 is 0 Å². The number of aliphatic hydroxyl groups excluding tert-OH is 2. The van der Waals surface area contributed by atoms with E-state index in [1.165, 1.54) is 13.8 Å². The molecule has 0 saturated carbocycles. The number of carbonyl (C=O) groups excluding carboxylic acids is 3. The Balaban J connectivity index is 3.19. The highest BCUT2D eigenvalue weighted by molar-refractivity contribution is 6.22. The number of amides is 2. The number of esters is 1. The number of nitrogens with zero attached hydrogens (tertiary/aromatic N) is 1. The molecule has 2 amide bonds. The van der Waals surface area contributed by atoms with Gasteiger partial charge < -0.3 is 19.7 Å². The molecule has 0 fully saturated rings. The van der Waals surface area contributed by atoms with Crippen LogP contribution < -0.4 is 0 Å². The second-order valence-electron chi connectivity index (χ2n) is 5.82. The molecule has 8 nitrogen and oxygen atoms in total. The molecule has 124 valence electrons. The van der Waals surface area contributed by atoms with Gasteiger partial charge in [-0.3, -0.25) is 4.79 Å². The molecule has 1 heterocycles. The SMILES string of the molecule is CCOC(=O)C1=C(O)[C@H]([C@@H](C)O)N(C(=O)OC(C)(C)C)C1=O. The minimum Gasteiger partial charge on any atom is -0.509 e. The lowest BCUT2D eigenvalue weighted by Crippen LogP contribution is -2.48. The van der Waals surface area contributed by atoms with Crippen LogP contribution >= 0.6 is 0 Å². The molecule has 0 spiro atoms. The fourth-order valence-electron chi connectivity index (χ4n) is 1.97. The first-order valence-corrected chi connectivity index (χ1v) is 6.86. The fourth-order valence-corrected chi connectivity index (χ4v) is 1.97. The van der Waals surface area contributed by atoms with Gasteiger partial charge in [0, 0.05) is 0 Å². The molecule has 0 aliphatic carbocycles. The van der Waals surface area contributed by atoms with Crippen LogP contribution in [0, 0.1) is 0 Å². The van der Waals surface area contributed by atoms with Crippen molar-refractivity contribution in [3.8, 4) is 0 Å². The summed E-state index contributed by atoms with van der Waals surface area (Å²) in [5.41, 5.74) is -1.55. The molecule has 0 aromatic rings. The van der Waals surface area contributed by atoms with E-state index < -0.39 is 47.0 Å². The molecule has 0 aromatic carbocycles. The summed E-state index contributed by atoms with van der Waals surface area (Å²) in [5.74, 6) is -2.82. The Bertz CT molecular complexity index is 516. The molecule has 1 aliphatic rings. The topological polar surface area (TPSA) is 113 Å². The third kappa shape index (κ3) is 3.56. The Morgan fingerprint density at radius 2 is 1.91 bits per heavy atom. The third-order valence-electron chi connectivity index (χ3n) is 2.77. The van der Waals surface area contributed by atoms with Crippen LogP contribution in [0.4, 0.5) is 4.79 Å². The first kappa shape index (κ1) is 18.0. The molecule has 0 unspecified atom stereocenters. The zero-order chi connectivity index (χ0) is 17.2. The van der Waals surface area contributed by atoms with Crippen molar-refractivity contribution >= 4 is 18.0 Å². The van der Waals surface area contributed by atoms with Crippen LogP contribution in [0.25, 0.3) is 0 Å². The van der Waals surface area contributed by atoms with Gasteiger partial charge in [-0.05, 0) is 34.6 Å². The molecule has 0 aromatic heterocycles. The van der Waals surface area contributed by atoms with E-state index in [9.17, 15) is 24.6 Å². The molecule has 1 aliphatic heterocycles. The lowest BCUT2D eigenvalue weighted by Gasteiger charge is -2.28. The Labute approximate surface area is 128 Å². The lowest BCUT2D eigenvalue weighted by molar-refractivity contribution is -0.141. The molecule has 8 heteroatoms. The first-order chi connectivity index (χ1) is 10.0. The third-order valence-corrected chi connectivity index (χ3v) is 2.77. The number of hydrogen-bond acceptors (Lipinski definition) is 7. The Hall–Kier alpha value is -2.09. The monoisotopic (exact) mass is 315 g/mol. The van der Waals surface area contributed by atoms with Gasteiger partial charge in [-0.15, -0.1) is 0 Å². The summed E-state index contributed by atoms with van der Waals surface area (Å²) in [5, 5.41) is 19.8. The van der Waals surface area contributed by atoms with Crippen molar-refractivity contribution in [3.05, 3.63) is 11.3 Å². The van der Waals surface area contributed by atoms with E-state index in [4.69, 9.17) is 4.74 Å². The fraction of sp³-hybridized carbons (Fsp3) is 0.643. The van der Waals surface area contributed by atoms with E-state index in [0.29, 0.717) is 4.90 Å². The molecule has 2 N–H and O–H groups in total. The summed E-state index contributed by atoms with van der Waals surface area (Å²) in [6, 6.07) is -1.39. The standard InChI is InChI=1S/C14H21NO7/c1-6-21-12(19)8-10(17)9(7(2)16)15(11(8)18)13(20)22-14(3,4)5/h7,9,16-17H,6H2,1-5H3/t7-,9+/m1/s1. The highest BCUT2D eigenvalue weighted by atomic mass is 16.6. The lowest BCUT2D eigenvalue weighted by atomic mass is 10.1. The average Bonchev–Trinajstić information content (AvgIpc) is 2.59. The van der Waals surface area contributed by atoms with Crippen molar-refractivity contribution in [2.75, 3.05) is 6.61 Å². The van der Waals surface area contributed by atoms with Crippen LogP contribution in [0.3, 0.4) is 0 Å². The smallest absolute Gasteiger partial charge is 0.418 e. The van der Waals surface area contributed by atoms with Crippen molar-refractivity contribution in [2.45, 2.75) is 52.4 Å². The van der Waals surface area contributed by atoms with Crippen LogP contribution in [0.15, 0.2) is 11.3 Å². The van der Waals surface area contributed by atoms with Crippen LogP contribution in [-0.4, -0.2) is 57.4 Å². The van der Waals surface area contributed by atoms with Gasteiger partial charge in [0.1, 0.15) is 17.4 Å². The Kier molecular flexibility index (Phi) is 5.18. The van der Waals surface area contributed by atoms with E-state index in [-0.39, 0.29) is 6.61 Å². The number of imide groups is 1. The minimum atomic E-state index is -1.39. The summed E-state index contributed by atoms with van der Waals surface area (Å²) in [7, 11) is 0. The van der Waals surface area contributed by atoms with Gasteiger partial charge in [-0.1, -0.05) is 0 Å². The molecular formula is C14H21NO7. The number of rotatable bonds is 3. The Morgan fingerprint density at radius 3 is 2.32 bits per heavy atom. The molecule has 0 radical (unpaired) electrons. The van der Waals surface area contributed by atoms with Crippen molar-refractivity contribution in [2.24, 2.45) is 0 Å². The van der Waals surface area contributed by atoms with Gasteiger partial charge in [0.05, 0.1) is 12.7 Å². The number of hydrogen-bond donors (Lipinski definition) is 2. The quantitative estimate of drug-likeness (QED) is 0.587. The van der Waals surface area contributed by atoms with Gasteiger partial charge in [0.25, 0.3) is 5.91 Å². The molecule has 0 bridgehead atoms. The summed E-state index contributed by atoms with van der Waals surface area (Å²) < 4.78 is 9.76.